The van der Waals surface area contributed by atoms with E-state index in [0.717, 1.165) is 12.0 Å². The normalized spacial score (nSPS) is 18.0. The molecule has 1 unspecified atom stereocenters. The highest BCUT2D eigenvalue weighted by Crippen LogP contribution is 2.11. The number of esters is 1. The zero-order chi connectivity index (χ0) is 13.5. The number of hydrogen-bond donors (Lipinski definition) is 1. The van der Waals surface area contributed by atoms with Gasteiger partial charge in [-0.15, -0.1) is 0 Å². The largest absolute Gasteiger partial charge is 0.460 e. The van der Waals surface area contributed by atoms with Crippen molar-refractivity contribution in [3.8, 4) is 0 Å². The number of carbonyl (C=O) groups is 2. The number of nitrogens with one attached hydrogen (secondary N) is 1. The summed E-state index contributed by atoms with van der Waals surface area (Å²) in [4.78, 5) is 23.0. The van der Waals surface area contributed by atoms with Crippen molar-refractivity contribution in [2.24, 2.45) is 0 Å². The van der Waals surface area contributed by atoms with Crippen molar-refractivity contribution in [2.45, 2.75) is 25.6 Å². The molecule has 5 nitrogen and oxygen atoms in total. The summed E-state index contributed by atoms with van der Waals surface area (Å²) in [5.41, 5.74) is 0.918. The molecule has 5 heteroatoms. The fraction of sp³-hybridized carbons (Fsp3) is 0.429. The van der Waals surface area contributed by atoms with Crippen LogP contribution in [-0.2, 0) is 25.7 Å². The topological polar surface area (TPSA) is 64.6 Å². The van der Waals surface area contributed by atoms with Crippen LogP contribution in [0.1, 0.15) is 18.4 Å². The van der Waals surface area contributed by atoms with Gasteiger partial charge in [0.25, 0.3) is 0 Å². The summed E-state index contributed by atoms with van der Waals surface area (Å²) in [6.07, 6.45) is 1.18. The minimum absolute atomic E-state index is 0.120. The Morgan fingerprint density at radius 2 is 2.11 bits per heavy atom. The summed E-state index contributed by atoms with van der Waals surface area (Å²) in [5.74, 6) is -0.690. The molecule has 1 aromatic rings. The summed E-state index contributed by atoms with van der Waals surface area (Å²) in [5, 5.41) is 2.52. The summed E-state index contributed by atoms with van der Waals surface area (Å²) in [7, 11) is 0. The van der Waals surface area contributed by atoms with Gasteiger partial charge in [0.15, 0.2) is 0 Å². The first-order valence-electron chi connectivity index (χ1n) is 6.34. The summed E-state index contributed by atoms with van der Waals surface area (Å²) in [6, 6.07) is 9.40. The SMILES string of the molecule is O=C(CNC(=O)C1CCCO1)OCc1ccccc1. The Labute approximate surface area is 111 Å². The van der Waals surface area contributed by atoms with Crippen LogP contribution in [0.4, 0.5) is 0 Å². The molecule has 19 heavy (non-hydrogen) atoms. The van der Waals surface area contributed by atoms with Gasteiger partial charge in [0.1, 0.15) is 19.3 Å². The molecule has 1 N–H and O–H groups in total. The van der Waals surface area contributed by atoms with Gasteiger partial charge in [-0.3, -0.25) is 9.59 Å². The second-order valence-electron chi connectivity index (χ2n) is 4.37. The molecular formula is C14H17NO4. The Morgan fingerprint density at radius 3 is 2.79 bits per heavy atom. The molecule has 0 aromatic heterocycles. The van der Waals surface area contributed by atoms with Crippen molar-refractivity contribution >= 4 is 11.9 Å². The fourth-order valence-electron chi connectivity index (χ4n) is 1.85. The molecule has 1 atom stereocenters. The minimum Gasteiger partial charge on any atom is -0.460 e. The fourth-order valence-corrected chi connectivity index (χ4v) is 1.85. The molecule has 102 valence electrons. The first-order chi connectivity index (χ1) is 9.25. The highest BCUT2D eigenvalue weighted by atomic mass is 16.5. The van der Waals surface area contributed by atoms with Crippen LogP contribution in [0.25, 0.3) is 0 Å². The summed E-state index contributed by atoms with van der Waals surface area (Å²) in [6.45, 7) is 0.706. The van der Waals surface area contributed by atoms with Gasteiger partial charge in [0.2, 0.25) is 5.91 Å². The van der Waals surface area contributed by atoms with Gasteiger partial charge in [0.05, 0.1) is 0 Å². The van der Waals surface area contributed by atoms with E-state index in [4.69, 9.17) is 9.47 Å². The number of rotatable bonds is 5. The van der Waals surface area contributed by atoms with Crippen LogP contribution in [0.5, 0.6) is 0 Å². The van der Waals surface area contributed by atoms with E-state index in [-0.39, 0.29) is 19.1 Å². The lowest BCUT2D eigenvalue weighted by atomic mass is 10.2. The molecule has 1 fully saturated rings. The zero-order valence-corrected chi connectivity index (χ0v) is 10.6. The number of amides is 1. The van der Waals surface area contributed by atoms with Crippen molar-refractivity contribution in [2.75, 3.05) is 13.2 Å². The molecule has 1 saturated heterocycles. The lowest BCUT2D eigenvalue weighted by molar-refractivity contribution is -0.146. The predicted molar refractivity (Wildman–Crippen MR) is 68.2 cm³/mol. The number of benzene rings is 1. The summed E-state index contributed by atoms with van der Waals surface area (Å²) >= 11 is 0. The Hall–Kier alpha value is -1.88. The van der Waals surface area contributed by atoms with Gasteiger partial charge in [-0.25, -0.2) is 0 Å². The second kappa shape index (κ2) is 6.89. The van der Waals surface area contributed by atoms with Gasteiger partial charge in [0, 0.05) is 6.61 Å². The number of carbonyl (C=O) groups excluding carboxylic acids is 2. The van der Waals surface area contributed by atoms with E-state index in [0.29, 0.717) is 13.0 Å². The highest BCUT2D eigenvalue weighted by Gasteiger charge is 2.23. The molecule has 2 rings (SSSR count). The van der Waals surface area contributed by atoms with Crippen molar-refractivity contribution in [1.29, 1.82) is 0 Å². The van der Waals surface area contributed by atoms with Crippen molar-refractivity contribution < 1.29 is 19.1 Å². The summed E-state index contributed by atoms with van der Waals surface area (Å²) < 4.78 is 10.3. The van der Waals surface area contributed by atoms with Crippen LogP contribution in [0.2, 0.25) is 0 Å². The minimum atomic E-state index is -0.449. The maximum atomic E-state index is 11.6. The Balaban J connectivity index is 1.65. The molecule has 0 bridgehead atoms. The van der Waals surface area contributed by atoms with Crippen molar-refractivity contribution in [3.05, 3.63) is 35.9 Å². The highest BCUT2D eigenvalue weighted by molar-refractivity contribution is 5.85. The first-order valence-corrected chi connectivity index (χ1v) is 6.34. The Bertz CT molecular complexity index is 426. The van der Waals surface area contributed by atoms with Crippen molar-refractivity contribution in [3.63, 3.8) is 0 Å². The Morgan fingerprint density at radius 1 is 1.32 bits per heavy atom. The van der Waals surface area contributed by atoms with Crippen LogP contribution in [0.3, 0.4) is 0 Å². The Kier molecular flexibility index (Phi) is 4.92. The smallest absolute Gasteiger partial charge is 0.325 e. The van der Waals surface area contributed by atoms with Crippen molar-refractivity contribution in [1.82, 2.24) is 5.32 Å². The monoisotopic (exact) mass is 263 g/mol. The molecule has 0 aliphatic carbocycles. The first kappa shape index (κ1) is 13.5. The predicted octanol–water partition coefficient (Wildman–Crippen LogP) is 1.02. The molecule has 1 aliphatic rings. The van der Waals surface area contributed by atoms with Crippen LogP contribution >= 0.6 is 0 Å². The molecule has 0 spiro atoms. The number of hydrogen-bond acceptors (Lipinski definition) is 4. The average molecular weight is 263 g/mol. The van der Waals surface area contributed by atoms with E-state index in [2.05, 4.69) is 5.32 Å². The maximum absolute atomic E-state index is 11.6. The zero-order valence-electron chi connectivity index (χ0n) is 10.6. The third-order valence-corrected chi connectivity index (χ3v) is 2.87. The second-order valence-corrected chi connectivity index (χ2v) is 4.37. The van der Waals surface area contributed by atoms with Gasteiger partial charge >= 0.3 is 5.97 Å². The van der Waals surface area contributed by atoms with Gasteiger partial charge in [-0.2, -0.15) is 0 Å². The van der Waals surface area contributed by atoms with Crippen LogP contribution in [0, 0.1) is 0 Å². The third-order valence-electron chi connectivity index (χ3n) is 2.87. The van der Waals surface area contributed by atoms with E-state index >= 15 is 0 Å². The third kappa shape index (κ3) is 4.37. The molecular weight excluding hydrogens is 246 g/mol. The average Bonchev–Trinajstić information content (AvgIpc) is 2.98. The van der Waals surface area contributed by atoms with E-state index < -0.39 is 12.1 Å². The molecule has 1 amide bonds. The van der Waals surface area contributed by atoms with E-state index in [1.54, 1.807) is 0 Å². The molecule has 1 heterocycles. The van der Waals surface area contributed by atoms with E-state index in [9.17, 15) is 9.59 Å². The van der Waals surface area contributed by atoms with E-state index in [1.807, 2.05) is 30.3 Å². The molecule has 0 saturated carbocycles. The van der Waals surface area contributed by atoms with Gasteiger partial charge < -0.3 is 14.8 Å². The molecule has 0 radical (unpaired) electrons. The quantitative estimate of drug-likeness (QED) is 0.806. The standard InChI is InChI=1S/C14H17NO4/c16-13(19-10-11-5-2-1-3-6-11)9-15-14(17)12-7-4-8-18-12/h1-3,5-6,12H,4,7-10H2,(H,15,17). The molecule has 1 aliphatic heterocycles. The van der Waals surface area contributed by atoms with Gasteiger partial charge in [-0.05, 0) is 18.4 Å². The van der Waals surface area contributed by atoms with Crippen LogP contribution in [0.15, 0.2) is 30.3 Å². The van der Waals surface area contributed by atoms with Gasteiger partial charge in [-0.1, -0.05) is 30.3 Å². The van der Waals surface area contributed by atoms with Crippen LogP contribution in [-0.4, -0.2) is 31.1 Å². The van der Waals surface area contributed by atoms with Crippen LogP contribution < -0.4 is 5.32 Å². The lowest BCUT2D eigenvalue weighted by Crippen LogP contribution is -2.37. The van der Waals surface area contributed by atoms with E-state index in [1.165, 1.54) is 0 Å². The lowest BCUT2D eigenvalue weighted by Gasteiger charge is -2.10. The maximum Gasteiger partial charge on any atom is 0.325 e. The molecule has 1 aromatic carbocycles. The number of ether oxygens (including phenoxy) is 2.